The van der Waals surface area contributed by atoms with Crippen LogP contribution in [-0.2, 0) is 4.79 Å². The fourth-order valence-electron chi connectivity index (χ4n) is 4.01. The highest BCUT2D eigenvalue weighted by atomic mass is 16.3. The SMILES string of the molecule is CCCNC1CCN(CC(=O)Nc2cc(-n3nc(C)cc3C)nc(-c3ccc(C)o3)n2)C1. The lowest BCUT2D eigenvalue weighted by Gasteiger charge is -2.16. The first-order chi connectivity index (χ1) is 15.4. The lowest BCUT2D eigenvalue weighted by Crippen LogP contribution is -2.36. The van der Waals surface area contributed by atoms with Crippen molar-refractivity contribution >= 4 is 11.7 Å². The standard InChI is InChI=1S/C23H31N7O2/c1-5-9-24-18-8-10-29(13-18)14-22(31)25-20-12-21(30-16(3)11-15(2)28-30)27-23(26-20)19-7-6-17(4)32-19/h6-7,11-12,18,24H,5,8-10,13-14H2,1-4H3,(H,25,26,27,31). The van der Waals surface area contributed by atoms with Crippen molar-refractivity contribution in [3.8, 4) is 17.4 Å². The number of aryl methyl sites for hydroxylation is 3. The third kappa shape index (κ3) is 5.23. The molecule has 0 spiro atoms. The van der Waals surface area contributed by atoms with Crippen LogP contribution in [-0.4, -0.2) is 62.8 Å². The second kappa shape index (κ2) is 9.62. The molecule has 0 aromatic carbocycles. The maximum Gasteiger partial charge on any atom is 0.239 e. The average molecular weight is 438 g/mol. The lowest BCUT2D eigenvalue weighted by atomic mass is 10.2. The second-order valence-corrected chi connectivity index (χ2v) is 8.41. The highest BCUT2D eigenvalue weighted by Crippen LogP contribution is 2.23. The number of hydrogen-bond donors (Lipinski definition) is 2. The zero-order valence-corrected chi connectivity index (χ0v) is 19.2. The van der Waals surface area contributed by atoms with Gasteiger partial charge in [0, 0.05) is 30.9 Å². The number of nitrogens with one attached hydrogen (secondary N) is 2. The number of carbonyl (C=O) groups is 1. The minimum Gasteiger partial charge on any atom is -0.458 e. The topological polar surface area (TPSA) is 101 Å². The van der Waals surface area contributed by atoms with Crippen LogP contribution in [0.25, 0.3) is 17.4 Å². The minimum atomic E-state index is -0.0965. The summed E-state index contributed by atoms with van der Waals surface area (Å²) >= 11 is 0. The zero-order valence-electron chi connectivity index (χ0n) is 19.2. The van der Waals surface area contributed by atoms with Crippen LogP contribution in [0.1, 0.15) is 36.9 Å². The molecule has 1 amide bonds. The molecule has 1 saturated heterocycles. The van der Waals surface area contributed by atoms with Crippen molar-refractivity contribution in [1.29, 1.82) is 0 Å². The Bertz CT molecular complexity index is 1090. The first-order valence-electron chi connectivity index (χ1n) is 11.2. The van der Waals surface area contributed by atoms with Gasteiger partial charge in [0.2, 0.25) is 5.91 Å². The Balaban J connectivity index is 1.53. The summed E-state index contributed by atoms with van der Waals surface area (Å²) in [6.07, 6.45) is 2.17. The van der Waals surface area contributed by atoms with E-state index in [-0.39, 0.29) is 5.91 Å². The number of amides is 1. The molecule has 1 atom stereocenters. The first kappa shape index (κ1) is 22.2. The van der Waals surface area contributed by atoms with Crippen LogP contribution < -0.4 is 10.6 Å². The molecule has 3 aromatic rings. The molecule has 1 unspecified atom stereocenters. The van der Waals surface area contributed by atoms with Gasteiger partial charge in [0.05, 0.1) is 12.2 Å². The number of hydrogen-bond acceptors (Lipinski definition) is 7. The first-order valence-corrected chi connectivity index (χ1v) is 11.2. The predicted octanol–water partition coefficient (Wildman–Crippen LogP) is 2.86. The summed E-state index contributed by atoms with van der Waals surface area (Å²) in [6, 6.07) is 7.87. The summed E-state index contributed by atoms with van der Waals surface area (Å²) < 4.78 is 7.47. The van der Waals surface area contributed by atoms with Crippen molar-refractivity contribution in [2.24, 2.45) is 0 Å². The van der Waals surface area contributed by atoms with Gasteiger partial charge >= 0.3 is 0 Å². The third-order valence-electron chi connectivity index (χ3n) is 5.49. The predicted molar refractivity (Wildman–Crippen MR) is 123 cm³/mol. The molecule has 0 bridgehead atoms. The number of anilines is 1. The van der Waals surface area contributed by atoms with Gasteiger partial charge in [0.25, 0.3) is 0 Å². The van der Waals surface area contributed by atoms with Crippen molar-refractivity contribution in [2.75, 3.05) is 31.5 Å². The van der Waals surface area contributed by atoms with Crippen LogP contribution >= 0.6 is 0 Å². The summed E-state index contributed by atoms with van der Waals surface area (Å²) in [7, 11) is 0. The summed E-state index contributed by atoms with van der Waals surface area (Å²) in [4.78, 5) is 24.1. The Kier molecular flexibility index (Phi) is 6.66. The minimum absolute atomic E-state index is 0.0965. The normalized spacial score (nSPS) is 16.6. The molecule has 9 nitrogen and oxygen atoms in total. The highest BCUT2D eigenvalue weighted by Gasteiger charge is 2.24. The van der Waals surface area contributed by atoms with Crippen LogP contribution in [0.15, 0.2) is 28.7 Å². The molecule has 9 heteroatoms. The molecular formula is C23H31N7O2. The van der Waals surface area contributed by atoms with Gasteiger partial charge in [0.1, 0.15) is 11.6 Å². The number of rotatable bonds is 8. The quantitative estimate of drug-likeness (QED) is 0.559. The molecule has 32 heavy (non-hydrogen) atoms. The molecule has 4 rings (SSSR count). The molecule has 3 aromatic heterocycles. The van der Waals surface area contributed by atoms with E-state index in [1.165, 1.54) is 0 Å². The summed E-state index contributed by atoms with van der Waals surface area (Å²) in [6.45, 7) is 11.1. The van der Waals surface area contributed by atoms with E-state index in [1.807, 2.05) is 39.0 Å². The van der Waals surface area contributed by atoms with E-state index in [2.05, 4.69) is 37.5 Å². The van der Waals surface area contributed by atoms with Crippen molar-refractivity contribution in [1.82, 2.24) is 30.0 Å². The zero-order chi connectivity index (χ0) is 22.7. The van der Waals surface area contributed by atoms with Crippen molar-refractivity contribution in [3.63, 3.8) is 0 Å². The van der Waals surface area contributed by atoms with E-state index < -0.39 is 0 Å². The average Bonchev–Trinajstić information content (AvgIpc) is 3.46. The Hall–Kier alpha value is -3.04. The van der Waals surface area contributed by atoms with Crippen LogP contribution in [0.5, 0.6) is 0 Å². The summed E-state index contributed by atoms with van der Waals surface area (Å²) in [5.74, 6) is 2.63. The summed E-state index contributed by atoms with van der Waals surface area (Å²) in [5.41, 5.74) is 1.84. The Morgan fingerprint density at radius 1 is 1.22 bits per heavy atom. The smallest absolute Gasteiger partial charge is 0.239 e. The van der Waals surface area contributed by atoms with Crippen molar-refractivity contribution < 1.29 is 9.21 Å². The van der Waals surface area contributed by atoms with E-state index >= 15 is 0 Å². The van der Waals surface area contributed by atoms with Gasteiger partial charge in [-0.3, -0.25) is 9.69 Å². The van der Waals surface area contributed by atoms with Gasteiger partial charge in [-0.05, 0) is 58.4 Å². The van der Waals surface area contributed by atoms with Gasteiger partial charge < -0.3 is 15.1 Å². The Labute approximate surface area is 188 Å². The fourth-order valence-corrected chi connectivity index (χ4v) is 4.01. The molecular weight excluding hydrogens is 406 g/mol. The van der Waals surface area contributed by atoms with E-state index in [1.54, 1.807) is 10.7 Å². The van der Waals surface area contributed by atoms with Crippen LogP contribution in [0.4, 0.5) is 5.82 Å². The fraction of sp³-hybridized carbons (Fsp3) is 0.478. The molecule has 170 valence electrons. The number of nitrogens with zero attached hydrogens (tertiary/aromatic N) is 5. The number of likely N-dealkylation sites (tertiary alicyclic amines) is 1. The molecule has 2 N–H and O–H groups in total. The molecule has 0 aliphatic carbocycles. The largest absolute Gasteiger partial charge is 0.458 e. The number of furan rings is 1. The maximum absolute atomic E-state index is 12.8. The van der Waals surface area contributed by atoms with E-state index in [0.29, 0.717) is 35.8 Å². The van der Waals surface area contributed by atoms with Crippen molar-refractivity contribution in [2.45, 2.75) is 46.6 Å². The molecule has 4 heterocycles. The van der Waals surface area contributed by atoms with E-state index in [0.717, 1.165) is 49.6 Å². The monoisotopic (exact) mass is 437 g/mol. The molecule has 1 aliphatic heterocycles. The molecule has 0 radical (unpaired) electrons. The summed E-state index contributed by atoms with van der Waals surface area (Å²) in [5, 5.41) is 11.0. The lowest BCUT2D eigenvalue weighted by molar-refractivity contribution is -0.117. The maximum atomic E-state index is 12.8. The number of carbonyl (C=O) groups excluding carboxylic acids is 1. The van der Waals surface area contributed by atoms with Crippen LogP contribution in [0, 0.1) is 20.8 Å². The third-order valence-corrected chi connectivity index (χ3v) is 5.49. The number of aromatic nitrogens is 4. The van der Waals surface area contributed by atoms with Crippen molar-refractivity contribution in [3.05, 3.63) is 41.4 Å². The van der Waals surface area contributed by atoms with Gasteiger partial charge in [0.15, 0.2) is 17.4 Å². The highest BCUT2D eigenvalue weighted by molar-refractivity contribution is 5.91. The van der Waals surface area contributed by atoms with Crippen LogP contribution in [0.2, 0.25) is 0 Å². The second-order valence-electron chi connectivity index (χ2n) is 8.41. The molecule has 1 fully saturated rings. The van der Waals surface area contributed by atoms with Gasteiger partial charge in [-0.1, -0.05) is 6.92 Å². The van der Waals surface area contributed by atoms with Gasteiger partial charge in [-0.25, -0.2) is 14.6 Å². The Morgan fingerprint density at radius 3 is 2.75 bits per heavy atom. The molecule has 1 aliphatic rings. The molecule has 0 saturated carbocycles. The van der Waals surface area contributed by atoms with Gasteiger partial charge in [-0.2, -0.15) is 5.10 Å². The van der Waals surface area contributed by atoms with Gasteiger partial charge in [-0.15, -0.1) is 0 Å². The van der Waals surface area contributed by atoms with Crippen LogP contribution in [0.3, 0.4) is 0 Å². The Morgan fingerprint density at radius 2 is 2.06 bits per heavy atom. The van der Waals surface area contributed by atoms with E-state index in [9.17, 15) is 4.79 Å². The van der Waals surface area contributed by atoms with E-state index in [4.69, 9.17) is 4.42 Å².